The molecule has 0 bridgehead atoms. The Morgan fingerprint density at radius 3 is 1.89 bits per heavy atom. The fourth-order valence-electron chi connectivity index (χ4n) is 3.57. The Kier molecular flexibility index (Phi) is 19.5. The average molecular weight is 453 g/mol. The molecule has 2 heterocycles. The molecule has 2 aliphatic carbocycles. The molecule has 0 spiro atoms. The number of fused-ring (bicyclic) bond motifs is 2. The Bertz CT molecular complexity index is 418. The van der Waals surface area contributed by atoms with Gasteiger partial charge in [0.05, 0.1) is 11.1 Å². The fraction of sp³-hybridized carbons (Fsp3) is 0.905. The fourth-order valence-corrected chi connectivity index (χ4v) is 6.51. The molecule has 2 aliphatic heterocycles. The first-order valence-corrected chi connectivity index (χ1v) is 11.7. The van der Waals surface area contributed by atoms with Crippen molar-refractivity contribution in [1.29, 1.82) is 0 Å². The zero-order valence-electron chi connectivity index (χ0n) is 17.0. The largest absolute Gasteiger partial charge is 0.388 e. The first-order chi connectivity index (χ1) is 12.5. The summed E-state index contributed by atoms with van der Waals surface area (Å²) in [7, 11) is 6.50. The Morgan fingerprint density at radius 1 is 0.857 bits per heavy atom. The number of ether oxygens (including phenoxy) is 2. The van der Waals surface area contributed by atoms with Gasteiger partial charge in [-0.15, -0.1) is 11.8 Å². The van der Waals surface area contributed by atoms with Gasteiger partial charge in [-0.05, 0) is 32.6 Å². The summed E-state index contributed by atoms with van der Waals surface area (Å²) in [5, 5.41) is 6.33. The quantitative estimate of drug-likeness (QED) is 0.443. The first-order valence-electron chi connectivity index (χ1n) is 9.54. The van der Waals surface area contributed by atoms with E-state index in [1.54, 1.807) is 28.4 Å². The van der Waals surface area contributed by atoms with Crippen LogP contribution in [0.4, 0.5) is 0 Å². The van der Waals surface area contributed by atoms with E-state index in [0.717, 1.165) is 14.8 Å². The van der Waals surface area contributed by atoms with Gasteiger partial charge in [-0.1, -0.05) is 64.5 Å². The average Bonchev–Trinajstić information content (AvgIpc) is 3.17. The van der Waals surface area contributed by atoms with Gasteiger partial charge in [-0.2, -0.15) is 0 Å². The van der Waals surface area contributed by atoms with E-state index < -0.39 is 0 Å². The van der Waals surface area contributed by atoms with E-state index in [1.165, 1.54) is 56.4 Å². The molecule has 168 valence electrons. The monoisotopic (exact) mass is 452 g/mol. The van der Waals surface area contributed by atoms with Crippen molar-refractivity contribution < 1.29 is 9.47 Å². The van der Waals surface area contributed by atoms with Crippen LogP contribution in [0, 0.1) is 0 Å². The normalized spacial score (nSPS) is 29.2. The molecule has 1 N–H and O–H groups in total. The number of nitrogens with zero attached hydrogens (tertiary/aromatic N) is 1. The summed E-state index contributed by atoms with van der Waals surface area (Å²) in [6.07, 6.45) is 11.1. The van der Waals surface area contributed by atoms with Crippen LogP contribution >= 0.6 is 35.7 Å². The summed E-state index contributed by atoms with van der Waals surface area (Å²) in [4.78, 5) is 4.59. The maximum Gasteiger partial charge on any atom is 0.134 e. The number of hydrogen-bond donors (Lipinski definition) is 1. The molecule has 0 radical (unpaired) electrons. The summed E-state index contributed by atoms with van der Waals surface area (Å²) in [5.41, 5.74) is 0. The van der Waals surface area contributed by atoms with Crippen LogP contribution in [0.15, 0.2) is 4.99 Å². The molecule has 0 aromatic carbocycles. The van der Waals surface area contributed by atoms with Crippen molar-refractivity contribution in [1.82, 2.24) is 5.32 Å². The topological polar surface area (TPSA) is 42.9 Å². The van der Waals surface area contributed by atoms with Gasteiger partial charge in [0, 0.05) is 45.0 Å². The van der Waals surface area contributed by atoms with Gasteiger partial charge in [0.1, 0.15) is 4.32 Å². The summed E-state index contributed by atoms with van der Waals surface area (Å²) in [5.74, 6) is 0. The van der Waals surface area contributed by atoms with Crippen molar-refractivity contribution in [2.24, 2.45) is 4.99 Å². The van der Waals surface area contributed by atoms with Crippen molar-refractivity contribution in [2.75, 3.05) is 28.4 Å². The summed E-state index contributed by atoms with van der Waals surface area (Å²) >= 11 is 8.95. The highest BCUT2D eigenvalue weighted by Gasteiger charge is 2.32. The van der Waals surface area contributed by atoms with E-state index in [1.807, 2.05) is 23.5 Å². The van der Waals surface area contributed by atoms with Crippen molar-refractivity contribution >= 4 is 45.1 Å². The molecule has 4 atom stereocenters. The molecule has 3 fully saturated rings. The van der Waals surface area contributed by atoms with Crippen LogP contribution in [0.2, 0.25) is 0 Å². The molecule has 2 saturated carbocycles. The van der Waals surface area contributed by atoms with E-state index in [2.05, 4.69) is 26.7 Å². The lowest BCUT2D eigenvalue weighted by Gasteiger charge is -2.22. The lowest BCUT2D eigenvalue weighted by atomic mass is 9.95. The SMILES string of the molecule is C.C.CC1=NC2CCCCC2S1.COC.COC.S=C1NC2CCCCC2S1. The van der Waals surface area contributed by atoms with E-state index in [4.69, 9.17) is 12.2 Å². The maximum absolute atomic E-state index is 5.09. The third kappa shape index (κ3) is 11.4. The number of rotatable bonds is 0. The molecular weight excluding hydrogens is 408 g/mol. The van der Waals surface area contributed by atoms with Crippen molar-refractivity contribution in [3.8, 4) is 0 Å². The van der Waals surface area contributed by atoms with Crippen LogP contribution in [0.1, 0.15) is 73.1 Å². The number of nitrogens with one attached hydrogen (secondary N) is 1. The minimum atomic E-state index is 0. The van der Waals surface area contributed by atoms with Gasteiger partial charge in [0.25, 0.3) is 0 Å². The lowest BCUT2D eigenvalue weighted by molar-refractivity contribution is 0.277. The Hall–Kier alpha value is 0.180. The van der Waals surface area contributed by atoms with E-state index >= 15 is 0 Å². The third-order valence-electron chi connectivity index (χ3n) is 4.60. The second kappa shape index (κ2) is 18.0. The van der Waals surface area contributed by atoms with Gasteiger partial charge in [0.2, 0.25) is 0 Å². The van der Waals surface area contributed by atoms with Crippen molar-refractivity contribution in [2.45, 2.75) is 95.7 Å². The van der Waals surface area contributed by atoms with Crippen LogP contribution in [0.5, 0.6) is 0 Å². The standard InChI is InChI=1S/C8H13NS.C7H11NS2.2C2H6O.2CH4/c1-6-9-7-4-2-3-5-8(7)10-6;9-7-8-5-3-1-2-4-6(5)10-7;2*1-3-2;;/h7-8H,2-5H2,1H3;5-6H,1-4H2,(H,8,9);2*1-2H3;2*1H4. The second-order valence-corrected chi connectivity index (χ2v) is 10.3. The van der Waals surface area contributed by atoms with Gasteiger partial charge in [0.15, 0.2) is 0 Å². The molecule has 0 aromatic heterocycles. The predicted octanol–water partition coefficient (Wildman–Crippen LogP) is 6.18. The predicted molar refractivity (Wildman–Crippen MR) is 135 cm³/mol. The van der Waals surface area contributed by atoms with Crippen LogP contribution in [0.25, 0.3) is 0 Å². The summed E-state index contributed by atoms with van der Waals surface area (Å²) < 4.78 is 9.52. The molecule has 28 heavy (non-hydrogen) atoms. The minimum absolute atomic E-state index is 0. The molecule has 7 heteroatoms. The molecule has 4 aliphatic rings. The highest BCUT2D eigenvalue weighted by atomic mass is 32.2. The molecule has 4 rings (SSSR count). The van der Waals surface area contributed by atoms with E-state index in [9.17, 15) is 0 Å². The maximum atomic E-state index is 5.09. The van der Waals surface area contributed by atoms with Gasteiger partial charge >= 0.3 is 0 Å². The number of aliphatic imine (C=N–C) groups is 1. The molecule has 0 amide bonds. The Labute approximate surface area is 188 Å². The number of hydrogen-bond acceptors (Lipinski definition) is 6. The summed E-state index contributed by atoms with van der Waals surface area (Å²) in [6.45, 7) is 2.14. The third-order valence-corrected chi connectivity index (χ3v) is 7.51. The van der Waals surface area contributed by atoms with Crippen LogP contribution < -0.4 is 5.32 Å². The van der Waals surface area contributed by atoms with Gasteiger partial charge in [-0.25, -0.2) is 0 Å². The molecule has 1 saturated heterocycles. The minimum Gasteiger partial charge on any atom is -0.388 e. The summed E-state index contributed by atoms with van der Waals surface area (Å²) in [6, 6.07) is 1.41. The van der Waals surface area contributed by atoms with Crippen molar-refractivity contribution in [3.63, 3.8) is 0 Å². The number of thioether (sulfide) groups is 2. The molecular formula is C21H44N2O2S3. The number of methoxy groups -OCH3 is 2. The first kappa shape index (κ1) is 30.4. The molecule has 4 nitrogen and oxygen atoms in total. The van der Waals surface area contributed by atoms with E-state index in [-0.39, 0.29) is 14.9 Å². The van der Waals surface area contributed by atoms with Gasteiger partial charge in [-0.3, -0.25) is 4.99 Å². The molecule has 4 unspecified atom stereocenters. The van der Waals surface area contributed by atoms with E-state index in [0.29, 0.717) is 12.1 Å². The van der Waals surface area contributed by atoms with Gasteiger partial charge < -0.3 is 14.8 Å². The second-order valence-electron chi connectivity index (χ2n) is 6.95. The highest BCUT2D eigenvalue weighted by molar-refractivity contribution is 8.23. The van der Waals surface area contributed by atoms with Crippen molar-refractivity contribution in [3.05, 3.63) is 0 Å². The Morgan fingerprint density at radius 2 is 1.36 bits per heavy atom. The number of thiocarbonyl (C=S) groups is 1. The highest BCUT2D eigenvalue weighted by Crippen LogP contribution is 2.36. The zero-order valence-corrected chi connectivity index (χ0v) is 19.4. The smallest absolute Gasteiger partial charge is 0.134 e. The van der Waals surface area contributed by atoms with Crippen LogP contribution in [-0.4, -0.2) is 60.4 Å². The van der Waals surface area contributed by atoms with Crippen LogP contribution in [-0.2, 0) is 9.47 Å². The zero-order chi connectivity index (χ0) is 19.4. The van der Waals surface area contributed by atoms with Crippen LogP contribution in [0.3, 0.4) is 0 Å². The lowest BCUT2D eigenvalue weighted by Crippen LogP contribution is -2.33. The molecule has 0 aromatic rings. The Balaban J connectivity index is 0.